The largest absolute Gasteiger partial charge is 0.341 e. The second-order valence-electron chi connectivity index (χ2n) is 5.93. The van der Waals surface area contributed by atoms with Crippen molar-refractivity contribution in [2.45, 2.75) is 36.5 Å². The summed E-state index contributed by atoms with van der Waals surface area (Å²) in [4.78, 5) is 11.4. The van der Waals surface area contributed by atoms with Crippen molar-refractivity contribution in [3.63, 3.8) is 0 Å². The third-order valence-electron chi connectivity index (χ3n) is 4.24. The van der Waals surface area contributed by atoms with Crippen molar-refractivity contribution in [3.05, 3.63) is 11.9 Å². The topological polar surface area (TPSA) is 75.2 Å². The van der Waals surface area contributed by atoms with Gasteiger partial charge in [0.1, 0.15) is 4.90 Å². The van der Waals surface area contributed by atoms with Crippen molar-refractivity contribution in [1.82, 2.24) is 15.3 Å². The average Bonchev–Trinajstić information content (AvgIpc) is 3.01. The minimum absolute atomic E-state index is 0. The van der Waals surface area contributed by atoms with Crippen molar-refractivity contribution >= 4 is 28.2 Å². The predicted molar refractivity (Wildman–Crippen MR) is 88.7 cm³/mol. The molecule has 0 radical (unpaired) electrons. The number of sulfone groups is 1. The summed E-state index contributed by atoms with van der Waals surface area (Å²) in [5.41, 5.74) is 0.696. The smallest absolute Gasteiger partial charge is 0.225 e. The monoisotopic (exact) mass is 346 g/mol. The van der Waals surface area contributed by atoms with Crippen LogP contribution in [0, 0.1) is 0 Å². The van der Waals surface area contributed by atoms with E-state index < -0.39 is 9.84 Å². The van der Waals surface area contributed by atoms with Gasteiger partial charge in [0.05, 0.1) is 11.9 Å². The van der Waals surface area contributed by atoms with Gasteiger partial charge in [-0.05, 0) is 32.2 Å². The summed E-state index contributed by atoms with van der Waals surface area (Å²) in [5, 5.41) is 3.33. The van der Waals surface area contributed by atoms with E-state index in [-0.39, 0.29) is 18.3 Å². The maximum atomic E-state index is 12.0. The Labute approximate surface area is 138 Å². The molecule has 3 rings (SSSR count). The summed E-state index contributed by atoms with van der Waals surface area (Å²) >= 11 is 0. The first-order valence-corrected chi connectivity index (χ1v) is 9.47. The molecule has 2 fully saturated rings. The van der Waals surface area contributed by atoms with Crippen molar-refractivity contribution in [2.75, 3.05) is 37.3 Å². The second-order valence-corrected chi connectivity index (χ2v) is 7.91. The standard InChI is InChI=1S/C14H22N4O2S.ClH/c1-21(19,20)12-10-16-14(18-7-2-3-8-18)17-13(12)11-5-4-6-15-9-11;/h10-11,15H,2-9H2,1H3;1H. The molecule has 2 aliphatic heterocycles. The van der Waals surface area contributed by atoms with E-state index in [9.17, 15) is 8.42 Å². The quantitative estimate of drug-likeness (QED) is 0.891. The summed E-state index contributed by atoms with van der Waals surface area (Å²) in [6, 6.07) is 0. The lowest BCUT2D eigenvalue weighted by molar-refractivity contribution is 0.447. The second kappa shape index (κ2) is 7.10. The summed E-state index contributed by atoms with van der Waals surface area (Å²) in [7, 11) is -3.29. The lowest BCUT2D eigenvalue weighted by Crippen LogP contribution is -2.30. The van der Waals surface area contributed by atoms with Crippen LogP contribution >= 0.6 is 12.4 Å². The highest BCUT2D eigenvalue weighted by Crippen LogP contribution is 2.29. The average molecular weight is 347 g/mol. The number of piperidine rings is 1. The summed E-state index contributed by atoms with van der Waals surface area (Å²) in [6.07, 6.45) is 7.07. The normalized spacial score (nSPS) is 22.4. The molecule has 1 aromatic heterocycles. The Morgan fingerprint density at radius 2 is 2.00 bits per heavy atom. The van der Waals surface area contributed by atoms with E-state index in [1.54, 1.807) is 0 Å². The lowest BCUT2D eigenvalue weighted by atomic mass is 9.96. The Kier molecular flexibility index (Phi) is 5.63. The van der Waals surface area contributed by atoms with E-state index in [1.807, 2.05) is 0 Å². The Morgan fingerprint density at radius 1 is 1.27 bits per heavy atom. The van der Waals surface area contributed by atoms with Crippen molar-refractivity contribution < 1.29 is 8.42 Å². The highest BCUT2D eigenvalue weighted by molar-refractivity contribution is 7.90. The number of halogens is 1. The van der Waals surface area contributed by atoms with Gasteiger partial charge in [0, 0.05) is 31.8 Å². The summed E-state index contributed by atoms with van der Waals surface area (Å²) in [5.74, 6) is 0.841. The van der Waals surface area contributed by atoms with Crippen molar-refractivity contribution in [2.24, 2.45) is 0 Å². The zero-order valence-electron chi connectivity index (χ0n) is 12.8. The third-order valence-corrected chi connectivity index (χ3v) is 5.36. The van der Waals surface area contributed by atoms with Gasteiger partial charge in [-0.25, -0.2) is 18.4 Å². The number of nitrogens with one attached hydrogen (secondary N) is 1. The van der Waals surface area contributed by atoms with Gasteiger partial charge >= 0.3 is 0 Å². The molecule has 2 aliphatic rings. The molecular weight excluding hydrogens is 324 g/mol. The van der Waals surface area contributed by atoms with Crippen LogP contribution in [0.15, 0.2) is 11.1 Å². The van der Waals surface area contributed by atoms with Crippen LogP contribution in [-0.4, -0.2) is 50.8 Å². The predicted octanol–water partition coefficient (Wildman–Crippen LogP) is 1.37. The molecule has 0 spiro atoms. The van der Waals surface area contributed by atoms with E-state index in [1.165, 1.54) is 12.5 Å². The number of aromatic nitrogens is 2. The number of rotatable bonds is 3. The van der Waals surface area contributed by atoms with E-state index in [0.717, 1.165) is 51.9 Å². The molecule has 1 aromatic rings. The zero-order chi connectivity index (χ0) is 14.9. The molecule has 0 bridgehead atoms. The molecule has 1 atom stereocenters. The van der Waals surface area contributed by atoms with Crippen LogP contribution in [-0.2, 0) is 9.84 Å². The number of hydrogen-bond donors (Lipinski definition) is 1. The highest BCUT2D eigenvalue weighted by Gasteiger charge is 2.26. The third kappa shape index (κ3) is 3.70. The molecule has 2 saturated heterocycles. The Balaban J connectivity index is 0.00000176. The number of hydrogen-bond acceptors (Lipinski definition) is 6. The molecular formula is C14H23ClN4O2S. The van der Waals surface area contributed by atoms with Gasteiger partial charge in [0.2, 0.25) is 5.95 Å². The van der Waals surface area contributed by atoms with Gasteiger partial charge in [-0.3, -0.25) is 0 Å². The fourth-order valence-electron chi connectivity index (χ4n) is 3.11. The Hall–Kier alpha value is -0.920. The van der Waals surface area contributed by atoms with Gasteiger partial charge in [-0.1, -0.05) is 0 Å². The molecule has 22 heavy (non-hydrogen) atoms. The van der Waals surface area contributed by atoms with Crippen LogP contribution in [0.5, 0.6) is 0 Å². The first kappa shape index (κ1) is 17.4. The first-order valence-electron chi connectivity index (χ1n) is 7.58. The fraction of sp³-hybridized carbons (Fsp3) is 0.714. The molecule has 0 amide bonds. The first-order chi connectivity index (χ1) is 10.1. The summed E-state index contributed by atoms with van der Waals surface area (Å²) in [6.45, 7) is 3.70. The van der Waals surface area contributed by atoms with Gasteiger partial charge < -0.3 is 10.2 Å². The number of nitrogens with zero attached hydrogens (tertiary/aromatic N) is 3. The molecule has 124 valence electrons. The van der Waals surface area contributed by atoms with Crippen LogP contribution in [0.1, 0.15) is 37.3 Å². The molecule has 6 nitrogen and oxygen atoms in total. The van der Waals surface area contributed by atoms with E-state index in [2.05, 4.69) is 20.2 Å². The highest BCUT2D eigenvalue weighted by atomic mass is 35.5. The molecule has 0 aromatic carbocycles. The van der Waals surface area contributed by atoms with Crippen LogP contribution < -0.4 is 10.2 Å². The van der Waals surface area contributed by atoms with E-state index >= 15 is 0 Å². The maximum absolute atomic E-state index is 12.0. The fourth-order valence-corrected chi connectivity index (χ4v) is 3.94. The van der Waals surface area contributed by atoms with Crippen LogP contribution in [0.3, 0.4) is 0 Å². The van der Waals surface area contributed by atoms with Crippen LogP contribution in [0.4, 0.5) is 5.95 Å². The van der Waals surface area contributed by atoms with Crippen molar-refractivity contribution in [3.8, 4) is 0 Å². The molecule has 0 aliphatic carbocycles. The van der Waals surface area contributed by atoms with E-state index in [4.69, 9.17) is 0 Å². The Bertz CT molecular complexity index is 611. The maximum Gasteiger partial charge on any atom is 0.225 e. The van der Waals surface area contributed by atoms with Gasteiger partial charge in [-0.2, -0.15) is 0 Å². The van der Waals surface area contributed by atoms with E-state index in [0.29, 0.717) is 16.5 Å². The molecule has 8 heteroatoms. The van der Waals surface area contributed by atoms with Gasteiger partial charge in [-0.15, -0.1) is 12.4 Å². The zero-order valence-corrected chi connectivity index (χ0v) is 14.4. The molecule has 1 N–H and O–H groups in total. The van der Waals surface area contributed by atoms with Crippen molar-refractivity contribution in [1.29, 1.82) is 0 Å². The minimum atomic E-state index is -3.29. The Morgan fingerprint density at radius 3 is 2.59 bits per heavy atom. The summed E-state index contributed by atoms with van der Waals surface area (Å²) < 4.78 is 24.0. The molecule has 0 saturated carbocycles. The van der Waals surface area contributed by atoms with Gasteiger partial charge in [0.15, 0.2) is 9.84 Å². The minimum Gasteiger partial charge on any atom is -0.341 e. The lowest BCUT2D eigenvalue weighted by Gasteiger charge is -2.25. The number of anilines is 1. The van der Waals surface area contributed by atoms with Crippen LogP contribution in [0.2, 0.25) is 0 Å². The van der Waals surface area contributed by atoms with Crippen LogP contribution in [0.25, 0.3) is 0 Å². The SMILES string of the molecule is CS(=O)(=O)c1cnc(N2CCCC2)nc1C1CCCNC1.Cl. The molecule has 3 heterocycles. The molecule has 1 unspecified atom stereocenters. The van der Waals surface area contributed by atoms with Gasteiger partial charge in [0.25, 0.3) is 0 Å².